The molecule has 1 fully saturated rings. The van der Waals surface area contributed by atoms with Crippen molar-refractivity contribution in [3.8, 4) is 0 Å². The first-order chi connectivity index (χ1) is 22.3. The highest BCUT2D eigenvalue weighted by Gasteiger charge is 2.40. The van der Waals surface area contributed by atoms with Crippen molar-refractivity contribution in [2.75, 3.05) is 20.2 Å². The van der Waals surface area contributed by atoms with Crippen molar-refractivity contribution in [3.63, 3.8) is 0 Å². The van der Waals surface area contributed by atoms with Gasteiger partial charge in [0.25, 0.3) is 0 Å². The van der Waals surface area contributed by atoms with Crippen molar-refractivity contribution in [2.45, 2.75) is 173 Å². The SMILES string of the molecule is CC/C=C\C/C=C\C/C=C\CCCCCCCCC1(CCCCCCCC/C=C\C/C=C\C/C=C\CC)OCC(CCNC)O1. The maximum Gasteiger partial charge on any atom is 0.168 e. The minimum Gasteiger partial charge on any atom is -0.347 e. The lowest BCUT2D eigenvalue weighted by Gasteiger charge is -2.28. The van der Waals surface area contributed by atoms with Crippen LogP contribution >= 0.6 is 0 Å². The van der Waals surface area contributed by atoms with Crippen LogP contribution in [0.4, 0.5) is 0 Å². The summed E-state index contributed by atoms with van der Waals surface area (Å²) in [5.41, 5.74) is 0. The fourth-order valence-electron chi connectivity index (χ4n) is 5.83. The van der Waals surface area contributed by atoms with Crippen LogP contribution in [-0.4, -0.2) is 32.1 Å². The Kier molecular flexibility index (Phi) is 29.6. The van der Waals surface area contributed by atoms with Gasteiger partial charge in [0.1, 0.15) is 0 Å². The molecule has 3 nitrogen and oxygen atoms in total. The van der Waals surface area contributed by atoms with Gasteiger partial charge in [-0.25, -0.2) is 0 Å². The Hall–Kier alpha value is -1.68. The summed E-state index contributed by atoms with van der Waals surface area (Å²) in [5, 5.41) is 3.27. The monoisotopic (exact) mass is 624 g/mol. The zero-order valence-electron chi connectivity index (χ0n) is 30.0. The van der Waals surface area contributed by atoms with Crippen molar-refractivity contribution < 1.29 is 9.47 Å². The first-order valence-electron chi connectivity index (χ1n) is 19.1. The lowest BCUT2D eigenvalue weighted by Crippen LogP contribution is -2.31. The summed E-state index contributed by atoms with van der Waals surface area (Å²) in [7, 11) is 2.02. The van der Waals surface area contributed by atoms with E-state index in [9.17, 15) is 0 Å². The van der Waals surface area contributed by atoms with E-state index in [1.54, 1.807) is 0 Å². The van der Waals surface area contributed by atoms with Gasteiger partial charge in [-0.2, -0.15) is 0 Å². The van der Waals surface area contributed by atoms with Crippen LogP contribution in [0.5, 0.6) is 0 Å². The Morgan fingerprint density at radius 3 is 1.38 bits per heavy atom. The molecule has 0 aromatic carbocycles. The molecule has 1 unspecified atom stereocenters. The minimum atomic E-state index is -0.324. The lowest BCUT2D eigenvalue weighted by molar-refractivity contribution is -0.179. The molecule has 1 aliphatic rings. The van der Waals surface area contributed by atoms with E-state index in [1.165, 1.54) is 89.9 Å². The van der Waals surface area contributed by atoms with Gasteiger partial charge in [-0.05, 0) is 97.1 Å². The number of unbranched alkanes of at least 4 members (excludes halogenated alkanes) is 12. The highest BCUT2D eigenvalue weighted by atomic mass is 16.7. The van der Waals surface area contributed by atoms with Crippen molar-refractivity contribution in [2.24, 2.45) is 0 Å². The van der Waals surface area contributed by atoms with Gasteiger partial charge >= 0.3 is 0 Å². The molecule has 0 spiro atoms. The van der Waals surface area contributed by atoms with E-state index in [-0.39, 0.29) is 11.9 Å². The Balaban J connectivity index is 2.14. The second-order valence-electron chi connectivity index (χ2n) is 12.8. The van der Waals surface area contributed by atoms with Crippen LogP contribution in [0.25, 0.3) is 0 Å². The van der Waals surface area contributed by atoms with Crippen molar-refractivity contribution in [3.05, 3.63) is 72.9 Å². The van der Waals surface area contributed by atoms with E-state index in [4.69, 9.17) is 9.47 Å². The molecule has 0 aromatic heterocycles. The van der Waals surface area contributed by atoms with Gasteiger partial charge in [-0.15, -0.1) is 0 Å². The van der Waals surface area contributed by atoms with Gasteiger partial charge in [0.05, 0.1) is 12.7 Å². The molecule has 0 amide bonds. The van der Waals surface area contributed by atoms with Crippen LogP contribution in [0.2, 0.25) is 0 Å². The van der Waals surface area contributed by atoms with Crippen LogP contribution in [0, 0.1) is 0 Å². The van der Waals surface area contributed by atoms with Crippen LogP contribution in [0.3, 0.4) is 0 Å². The molecule has 45 heavy (non-hydrogen) atoms. The average molecular weight is 624 g/mol. The van der Waals surface area contributed by atoms with Crippen molar-refractivity contribution in [1.29, 1.82) is 0 Å². The fourth-order valence-corrected chi connectivity index (χ4v) is 5.83. The maximum absolute atomic E-state index is 6.61. The van der Waals surface area contributed by atoms with Gasteiger partial charge in [-0.1, -0.05) is 138 Å². The van der Waals surface area contributed by atoms with E-state index in [0.29, 0.717) is 0 Å². The molecule has 258 valence electrons. The van der Waals surface area contributed by atoms with Gasteiger partial charge in [0, 0.05) is 12.8 Å². The van der Waals surface area contributed by atoms with Crippen LogP contribution in [0.15, 0.2) is 72.9 Å². The van der Waals surface area contributed by atoms with Gasteiger partial charge in [-0.3, -0.25) is 0 Å². The molecular weight excluding hydrogens is 550 g/mol. The zero-order valence-corrected chi connectivity index (χ0v) is 30.0. The smallest absolute Gasteiger partial charge is 0.168 e. The summed E-state index contributed by atoms with van der Waals surface area (Å²) in [6.07, 6.45) is 55.5. The van der Waals surface area contributed by atoms with E-state index < -0.39 is 0 Å². The minimum absolute atomic E-state index is 0.250. The molecule has 0 saturated carbocycles. The second kappa shape index (κ2) is 32.3. The topological polar surface area (TPSA) is 30.5 Å². The summed E-state index contributed by atoms with van der Waals surface area (Å²) in [6.45, 7) is 6.12. The van der Waals surface area contributed by atoms with Crippen LogP contribution in [0.1, 0.15) is 162 Å². The molecule has 1 saturated heterocycles. The van der Waals surface area contributed by atoms with Crippen LogP contribution < -0.4 is 5.32 Å². The van der Waals surface area contributed by atoms with E-state index >= 15 is 0 Å². The Morgan fingerprint density at radius 2 is 0.933 bits per heavy atom. The normalized spacial score (nSPS) is 17.3. The average Bonchev–Trinajstić information content (AvgIpc) is 3.46. The number of allylic oxidation sites excluding steroid dienone is 12. The van der Waals surface area contributed by atoms with Crippen LogP contribution in [-0.2, 0) is 9.47 Å². The molecule has 3 heteroatoms. The molecular formula is C42H73NO2. The summed E-state index contributed by atoms with van der Waals surface area (Å²) < 4.78 is 13.0. The van der Waals surface area contributed by atoms with Gasteiger partial charge in [0.15, 0.2) is 5.79 Å². The Bertz CT molecular complexity index is 752. The summed E-state index contributed by atoms with van der Waals surface area (Å²) in [6, 6.07) is 0. The summed E-state index contributed by atoms with van der Waals surface area (Å²) >= 11 is 0. The summed E-state index contributed by atoms with van der Waals surface area (Å²) in [5.74, 6) is -0.324. The van der Waals surface area contributed by atoms with Gasteiger partial charge in [0.2, 0.25) is 0 Å². The summed E-state index contributed by atoms with van der Waals surface area (Å²) in [4.78, 5) is 0. The molecule has 1 aliphatic heterocycles. The third-order valence-corrected chi connectivity index (χ3v) is 8.55. The maximum atomic E-state index is 6.61. The van der Waals surface area contributed by atoms with Crippen molar-refractivity contribution >= 4 is 0 Å². The Labute approximate surface area is 280 Å². The Morgan fingerprint density at radius 1 is 0.533 bits per heavy atom. The number of rotatable bonds is 31. The number of nitrogens with one attached hydrogen (secondary N) is 1. The number of hydrogen-bond donors (Lipinski definition) is 1. The highest BCUT2D eigenvalue weighted by Crippen LogP contribution is 2.35. The highest BCUT2D eigenvalue weighted by molar-refractivity contribution is 4.98. The number of hydrogen-bond acceptors (Lipinski definition) is 3. The third kappa shape index (κ3) is 26.1. The molecule has 0 bridgehead atoms. The molecule has 0 aliphatic carbocycles. The standard InChI is InChI=1S/C42H73NO2/c1-4-6-8-10-12-14-16-18-20-22-24-26-28-30-32-34-37-42(44-40-41(45-42)36-39-43-3)38-35-33-31-29-27-25-23-21-19-17-15-13-11-9-7-5-2/h6-9,12-15,18-21,41,43H,4-5,10-11,16-17,22-40H2,1-3H3/b8-6-,9-7-,14-12-,15-13-,20-18-,21-19-. The molecule has 1 N–H and O–H groups in total. The van der Waals surface area contributed by atoms with E-state index in [2.05, 4.69) is 92.1 Å². The molecule has 1 heterocycles. The predicted octanol–water partition coefficient (Wildman–Crippen LogP) is 12.7. The first-order valence-corrected chi connectivity index (χ1v) is 19.1. The van der Waals surface area contributed by atoms with E-state index in [0.717, 1.165) is 70.9 Å². The number of ether oxygens (including phenoxy) is 2. The largest absolute Gasteiger partial charge is 0.347 e. The fraction of sp³-hybridized carbons (Fsp3) is 0.714. The third-order valence-electron chi connectivity index (χ3n) is 8.55. The van der Waals surface area contributed by atoms with Gasteiger partial charge < -0.3 is 14.8 Å². The second-order valence-corrected chi connectivity index (χ2v) is 12.8. The first kappa shape index (κ1) is 41.3. The molecule has 1 atom stereocenters. The lowest BCUT2D eigenvalue weighted by atomic mass is 9.98. The molecule has 0 aromatic rings. The zero-order chi connectivity index (χ0) is 32.4. The quantitative estimate of drug-likeness (QED) is 0.0615. The molecule has 0 radical (unpaired) electrons. The molecule has 1 rings (SSSR count). The predicted molar refractivity (Wildman–Crippen MR) is 200 cm³/mol. The van der Waals surface area contributed by atoms with E-state index in [1.807, 2.05) is 7.05 Å². The van der Waals surface area contributed by atoms with Crippen molar-refractivity contribution in [1.82, 2.24) is 5.32 Å².